The number of hydrogen-bond acceptors (Lipinski definition) is 7. The number of carbonyl (C=O) groups excluding carboxylic acids is 4. The number of pyridine rings is 1. The lowest BCUT2D eigenvalue weighted by Gasteiger charge is -2.23. The lowest BCUT2D eigenvalue weighted by Crippen LogP contribution is -2.45. The average Bonchev–Trinajstić information content (AvgIpc) is 3.65. The molecule has 39 heavy (non-hydrogen) atoms. The summed E-state index contributed by atoms with van der Waals surface area (Å²) in [5.41, 5.74) is -0.294. The highest BCUT2D eigenvalue weighted by atomic mass is 16.5. The standard InChI is InChI=1S/C27H34N6O6/c1-32-16-28-14-22(32)26(37)30-19(6-3-4-8-24(35)39-2)25(36)31-20-7-5-11-33(27(20)38)15-23(34)29-21-13-17-9-10-18(21)12-17/h4-5,7-8,11,14,16-19,21H,3,6,9-10,12-13,15H2,1-2H3,(H,29,34)(H,30,37)(H,31,36)/b8-4+/t17?,18?,19-,21+/m0/s1. The maximum absolute atomic E-state index is 13.2. The van der Waals surface area contributed by atoms with Crippen molar-refractivity contribution in [2.24, 2.45) is 18.9 Å². The van der Waals surface area contributed by atoms with Crippen LogP contribution in [-0.4, -0.2) is 57.0 Å². The first-order chi connectivity index (χ1) is 18.7. The third kappa shape index (κ3) is 7.01. The predicted molar refractivity (Wildman–Crippen MR) is 142 cm³/mol. The van der Waals surface area contributed by atoms with E-state index in [0.29, 0.717) is 11.8 Å². The number of methoxy groups -OCH3 is 1. The minimum atomic E-state index is -1.02. The van der Waals surface area contributed by atoms with E-state index in [-0.39, 0.29) is 42.7 Å². The molecule has 3 N–H and O–H groups in total. The number of imidazole rings is 1. The molecule has 0 aliphatic heterocycles. The number of hydrogen-bond donors (Lipinski definition) is 3. The summed E-state index contributed by atoms with van der Waals surface area (Å²) in [6.45, 7) is -0.157. The number of nitrogens with zero attached hydrogens (tertiary/aromatic N) is 3. The van der Waals surface area contributed by atoms with Crippen molar-refractivity contribution < 1.29 is 23.9 Å². The SMILES string of the molecule is COC(=O)/C=C/CC[C@H](NC(=O)c1cncn1C)C(=O)Nc1cccn(CC(=O)N[C@@H]2CC3CCC2C3)c1=O. The van der Waals surface area contributed by atoms with Crippen LogP contribution in [0.1, 0.15) is 49.0 Å². The Hall–Kier alpha value is -4.22. The van der Waals surface area contributed by atoms with Crippen molar-refractivity contribution in [2.45, 2.75) is 57.2 Å². The molecule has 0 saturated heterocycles. The monoisotopic (exact) mass is 538 g/mol. The smallest absolute Gasteiger partial charge is 0.330 e. The molecule has 3 amide bonds. The van der Waals surface area contributed by atoms with Crippen LogP contribution in [0.3, 0.4) is 0 Å². The molecule has 2 aromatic rings. The van der Waals surface area contributed by atoms with E-state index in [0.717, 1.165) is 19.3 Å². The number of ether oxygens (including phenoxy) is 1. The number of aryl methyl sites for hydroxylation is 1. The third-order valence-corrected chi connectivity index (χ3v) is 7.42. The van der Waals surface area contributed by atoms with Gasteiger partial charge >= 0.3 is 5.97 Å². The fourth-order valence-electron chi connectivity index (χ4n) is 5.39. The van der Waals surface area contributed by atoms with Crippen LogP contribution in [0.5, 0.6) is 0 Å². The zero-order valence-electron chi connectivity index (χ0n) is 22.1. The predicted octanol–water partition coefficient (Wildman–Crippen LogP) is 1.13. The fourth-order valence-corrected chi connectivity index (χ4v) is 5.39. The molecule has 2 fully saturated rings. The van der Waals surface area contributed by atoms with E-state index in [9.17, 15) is 24.0 Å². The van der Waals surface area contributed by atoms with Crippen LogP contribution in [0.15, 0.2) is 47.8 Å². The second-order valence-electron chi connectivity index (χ2n) is 10.1. The quantitative estimate of drug-likeness (QED) is 0.286. The lowest BCUT2D eigenvalue weighted by molar-refractivity contribution is -0.134. The summed E-state index contributed by atoms with van der Waals surface area (Å²) in [5, 5.41) is 8.32. The molecule has 4 rings (SSSR count). The number of carbonyl (C=O) groups is 4. The Morgan fingerprint density at radius 1 is 1.23 bits per heavy atom. The third-order valence-electron chi connectivity index (χ3n) is 7.42. The highest BCUT2D eigenvalue weighted by Crippen LogP contribution is 2.44. The summed E-state index contributed by atoms with van der Waals surface area (Å²) in [6.07, 6.45) is 12.0. The Morgan fingerprint density at radius 2 is 2.05 bits per heavy atom. The first kappa shape index (κ1) is 27.8. The summed E-state index contributed by atoms with van der Waals surface area (Å²) in [6, 6.07) is 2.15. The molecule has 2 unspecified atom stereocenters. The van der Waals surface area contributed by atoms with Gasteiger partial charge in [0.15, 0.2) is 0 Å². The van der Waals surface area contributed by atoms with Gasteiger partial charge < -0.3 is 29.8 Å². The van der Waals surface area contributed by atoms with Crippen molar-refractivity contribution >= 4 is 29.4 Å². The van der Waals surface area contributed by atoms with E-state index in [1.54, 1.807) is 13.1 Å². The number of rotatable bonds is 11. The van der Waals surface area contributed by atoms with Gasteiger partial charge in [-0.05, 0) is 56.1 Å². The number of nitrogens with one attached hydrogen (secondary N) is 3. The van der Waals surface area contributed by atoms with Crippen molar-refractivity contribution in [1.82, 2.24) is 24.8 Å². The van der Waals surface area contributed by atoms with Crippen molar-refractivity contribution in [2.75, 3.05) is 12.4 Å². The second kappa shape index (κ2) is 12.5. The number of allylic oxidation sites excluding steroid dienone is 1. The Labute approximate surface area is 225 Å². The van der Waals surface area contributed by atoms with Gasteiger partial charge in [0.2, 0.25) is 11.8 Å². The molecule has 12 heteroatoms. The van der Waals surface area contributed by atoms with Crippen LogP contribution in [0.25, 0.3) is 0 Å². The molecular weight excluding hydrogens is 504 g/mol. The van der Waals surface area contributed by atoms with Gasteiger partial charge in [-0.3, -0.25) is 19.2 Å². The van der Waals surface area contributed by atoms with Crippen molar-refractivity contribution in [1.29, 1.82) is 0 Å². The second-order valence-corrected chi connectivity index (χ2v) is 10.1. The summed E-state index contributed by atoms with van der Waals surface area (Å²) in [5.74, 6) is -0.708. The highest BCUT2D eigenvalue weighted by molar-refractivity contribution is 6.00. The van der Waals surface area contributed by atoms with E-state index < -0.39 is 29.4 Å². The molecule has 2 heterocycles. The minimum absolute atomic E-state index is 0.0138. The molecule has 0 aromatic carbocycles. The van der Waals surface area contributed by atoms with Crippen molar-refractivity contribution in [3.8, 4) is 0 Å². The molecule has 0 spiro atoms. The molecule has 2 aliphatic rings. The van der Waals surface area contributed by atoms with Crippen LogP contribution < -0.4 is 21.5 Å². The molecule has 4 atom stereocenters. The van der Waals surface area contributed by atoms with E-state index in [2.05, 4.69) is 25.7 Å². The summed E-state index contributed by atoms with van der Waals surface area (Å²) in [4.78, 5) is 66.9. The first-order valence-corrected chi connectivity index (χ1v) is 13.1. The fraction of sp³-hybridized carbons (Fsp3) is 0.481. The molecule has 208 valence electrons. The molecule has 0 radical (unpaired) electrons. The Balaban J connectivity index is 1.41. The van der Waals surface area contributed by atoms with Gasteiger partial charge in [0.1, 0.15) is 24.0 Å². The van der Waals surface area contributed by atoms with Gasteiger partial charge in [-0.25, -0.2) is 9.78 Å². The van der Waals surface area contributed by atoms with Gasteiger partial charge in [-0.15, -0.1) is 0 Å². The maximum atomic E-state index is 13.2. The molecular formula is C27H34N6O6. The Morgan fingerprint density at radius 3 is 2.72 bits per heavy atom. The van der Waals surface area contributed by atoms with Crippen LogP contribution in [0, 0.1) is 11.8 Å². The Kier molecular flexibility index (Phi) is 8.95. The number of amides is 3. The van der Waals surface area contributed by atoms with Gasteiger partial charge in [-0.2, -0.15) is 0 Å². The molecule has 2 saturated carbocycles. The van der Waals surface area contributed by atoms with Crippen LogP contribution >= 0.6 is 0 Å². The first-order valence-electron chi connectivity index (χ1n) is 13.1. The van der Waals surface area contributed by atoms with Crippen molar-refractivity contribution in [3.05, 3.63) is 59.1 Å². The number of anilines is 1. The van der Waals surface area contributed by atoms with Gasteiger partial charge in [0.05, 0.1) is 19.6 Å². The summed E-state index contributed by atoms with van der Waals surface area (Å²) >= 11 is 0. The van der Waals surface area contributed by atoms with Gasteiger partial charge in [0, 0.05) is 25.4 Å². The molecule has 12 nitrogen and oxygen atoms in total. The molecule has 2 bridgehead atoms. The minimum Gasteiger partial charge on any atom is -0.466 e. The number of fused-ring (bicyclic) bond motifs is 2. The van der Waals surface area contributed by atoms with E-state index in [4.69, 9.17) is 0 Å². The zero-order chi connectivity index (χ0) is 27.9. The van der Waals surface area contributed by atoms with Gasteiger partial charge in [0.25, 0.3) is 11.5 Å². The topological polar surface area (TPSA) is 153 Å². The van der Waals surface area contributed by atoms with Crippen molar-refractivity contribution in [3.63, 3.8) is 0 Å². The van der Waals surface area contributed by atoms with Crippen LogP contribution in [0.2, 0.25) is 0 Å². The normalized spacial score (nSPS) is 20.5. The molecule has 2 aliphatic carbocycles. The number of aromatic nitrogens is 3. The maximum Gasteiger partial charge on any atom is 0.330 e. The van der Waals surface area contributed by atoms with Gasteiger partial charge in [-0.1, -0.05) is 12.5 Å². The molecule has 2 aromatic heterocycles. The average molecular weight is 539 g/mol. The number of esters is 1. The summed E-state index contributed by atoms with van der Waals surface area (Å²) < 4.78 is 7.33. The highest BCUT2D eigenvalue weighted by Gasteiger charge is 2.40. The Bertz CT molecular complexity index is 1310. The largest absolute Gasteiger partial charge is 0.466 e. The summed E-state index contributed by atoms with van der Waals surface area (Å²) in [7, 11) is 2.90. The van der Waals surface area contributed by atoms with Crippen LogP contribution in [-0.2, 0) is 32.7 Å². The van der Waals surface area contributed by atoms with Crippen LogP contribution in [0.4, 0.5) is 5.69 Å². The van der Waals surface area contributed by atoms with E-state index >= 15 is 0 Å². The lowest BCUT2D eigenvalue weighted by atomic mass is 9.95. The van der Waals surface area contributed by atoms with E-state index in [1.807, 2.05) is 0 Å². The van der Waals surface area contributed by atoms with E-state index in [1.165, 1.54) is 59.6 Å². The zero-order valence-corrected chi connectivity index (χ0v) is 22.1.